The van der Waals surface area contributed by atoms with Crippen molar-refractivity contribution < 1.29 is 17.9 Å². The Hall–Kier alpha value is -3.18. The molecule has 0 radical (unpaired) electrons. The van der Waals surface area contributed by atoms with Crippen LogP contribution in [0.4, 0.5) is 10.5 Å². The van der Waals surface area contributed by atoms with Crippen molar-refractivity contribution in [2.45, 2.75) is 70.6 Å². The Kier molecular flexibility index (Phi) is 8.27. The van der Waals surface area contributed by atoms with Crippen LogP contribution < -0.4 is 10.0 Å². The summed E-state index contributed by atoms with van der Waals surface area (Å²) in [5.74, 6) is 1.85. The molecule has 2 aromatic heterocycles. The number of ether oxygens (including phenoxy) is 1. The van der Waals surface area contributed by atoms with E-state index in [1.54, 1.807) is 39.1 Å². The number of hydrogen-bond donors (Lipinski definition) is 3. The number of rotatable bonds is 10. The molecular weight excluding hydrogens is 528 g/mol. The largest absolute Gasteiger partial charge is 0.453 e. The van der Waals surface area contributed by atoms with Gasteiger partial charge in [0, 0.05) is 35.2 Å². The minimum Gasteiger partial charge on any atom is -0.453 e. The maximum atomic E-state index is 12.6. The average molecular weight is 561 g/mol. The van der Waals surface area contributed by atoms with E-state index in [4.69, 9.17) is 21.6 Å². The van der Waals surface area contributed by atoms with E-state index >= 15 is 0 Å². The number of halogens is 1. The Balaban J connectivity index is 1.69. The van der Waals surface area contributed by atoms with E-state index in [0.29, 0.717) is 63.5 Å². The Morgan fingerprint density at radius 3 is 2.63 bits per heavy atom. The molecule has 1 atom stereocenters. The second-order valence-corrected chi connectivity index (χ2v) is 12.5. The minimum absolute atomic E-state index is 0.110. The number of H-pyrrole nitrogens is 1. The number of carbonyl (C=O) groups is 1. The van der Waals surface area contributed by atoms with Crippen molar-refractivity contribution in [1.82, 2.24) is 25.3 Å². The summed E-state index contributed by atoms with van der Waals surface area (Å²) >= 11 is 6.56. The first-order valence-corrected chi connectivity index (χ1v) is 14.5. The van der Waals surface area contributed by atoms with Gasteiger partial charge in [-0.2, -0.15) is 0 Å². The number of alkyl carbamates (subject to hydrolysis) is 1. The summed E-state index contributed by atoms with van der Waals surface area (Å²) in [5.41, 5.74) is 3.75. The Labute approximate surface area is 228 Å². The Morgan fingerprint density at radius 2 is 1.97 bits per heavy atom. The number of amides is 1. The Morgan fingerprint density at radius 1 is 1.24 bits per heavy atom. The van der Waals surface area contributed by atoms with Crippen LogP contribution in [0.1, 0.15) is 63.2 Å². The normalized spacial score (nSPS) is 14.4. The molecule has 0 saturated heterocycles. The number of benzene rings is 1. The molecule has 4 rings (SSSR count). The summed E-state index contributed by atoms with van der Waals surface area (Å²) < 4.78 is 32.5. The van der Waals surface area contributed by atoms with Crippen molar-refractivity contribution in [3.63, 3.8) is 0 Å². The third kappa shape index (κ3) is 6.44. The minimum atomic E-state index is -3.57. The van der Waals surface area contributed by atoms with Gasteiger partial charge >= 0.3 is 6.09 Å². The van der Waals surface area contributed by atoms with Crippen molar-refractivity contribution >= 4 is 33.4 Å². The molecule has 38 heavy (non-hydrogen) atoms. The number of imidazole rings is 1. The van der Waals surface area contributed by atoms with E-state index in [1.165, 1.54) is 7.11 Å². The summed E-state index contributed by atoms with van der Waals surface area (Å²) in [7, 11) is -2.24. The molecule has 204 valence electrons. The summed E-state index contributed by atoms with van der Waals surface area (Å²) in [4.78, 5) is 29.0. The molecule has 12 heteroatoms. The fourth-order valence-electron chi connectivity index (χ4n) is 3.87. The van der Waals surface area contributed by atoms with Crippen LogP contribution in [0.3, 0.4) is 0 Å². The summed E-state index contributed by atoms with van der Waals surface area (Å²) in [6.45, 7) is 6.91. The Bertz CT molecular complexity index is 1440. The van der Waals surface area contributed by atoms with Gasteiger partial charge in [0.15, 0.2) is 0 Å². The van der Waals surface area contributed by atoms with Crippen LogP contribution in [0.5, 0.6) is 0 Å². The van der Waals surface area contributed by atoms with E-state index in [0.717, 1.165) is 18.7 Å². The van der Waals surface area contributed by atoms with Gasteiger partial charge in [-0.3, -0.25) is 4.72 Å². The third-order valence-corrected chi connectivity index (χ3v) is 8.63. The van der Waals surface area contributed by atoms with Crippen molar-refractivity contribution in [3.05, 3.63) is 46.6 Å². The number of nitrogens with zero attached hydrogens (tertiary/aromatic N) is 3. The summed E-state index contributed by atoms with van der Waals surface area (Å²) in [6, 6.07) is 5.26. The molecule has 3 aromatic rings. The van der Waals surface area contributed by atoms with Gasteiger partial charge in [-0.05, 0) is 70.7 Å². The van der Waals surface area contributed by atoms with Gasteiger partial charge in [0.05, 0.1) is 35.1 Å². The van der Waals surface area contributed by atoms with Crippen molar-refractivity contribution in [2.24, 2.45) is 0 Å². The highest BCUT2D eigenvalue weighted by Crippen LogP contribution is 2.42. The highest BCUT2D eigenvalue weighted by atomic mass is 35.5. The van der Waals surface area contributed by atoms with Crippen LogP contribution in [0.2, 0.25) is 5.02 Å². The number of sulfonamides is 1. The smallest absolute Gasteiger partial charge is 0.407 e. The molecule has 0 spiro atoms. The van der Waals surface area contributed by atoms with Crippen molar-refractivity contribution in [3.8, 4) is 22.6 Å². The van der Waals surface area contributed by atoms with Gasteiger partial charge in [0.25, 0.3) is 0 Å². The number of anilines is 1. The van der Waals surface area contributed by atoms with Gasteiger partial charge < -0.3 is 15.0 Å². The molecule has 1 fully saturated rings. The van der Waals surface area contributed by atoms with E-state index in [1.807, 2.05) is 13.0 Å². The molecule has 0 aliphatic heterocycles. The van der Waals surface area contributed by atoms with Gasteiger partial charge in [0.2, 0.25) is 10.0 Å². The quantitative estimate of drug-likeness (QED) is 0.309. The highest BCUT2D eigenvalue weighted by Gasteiger charge is 2.29. The molecule has 0 unspecified atom stereocenters. The first-order chi connectivity index (χ1) is 18.0. The van der Waals surface area contributed by atoms with Crippen LogP contribution in [0.15, 0.2) is 24.4 Å². The molecule has 3 N–H and O–H groups in total. The molecule has 0 bridgehead atoms. The second-order valence-electron chi connectivity index (χ2n) is 9.88. The predicted molar refractivity (Wildman–Crippen MR) is 148 cm³/mol. The molecule has 2 heterocycles. The summed E-state index contributed by atoms with van der Waals surface area (Å²) in [5, 5.41) is 2.57. The zero-order chi connectivity index (χ0) is 27.6. The van der Waals surface area contributed by atoms with Crippen molar-refractivity contribution in [1.29, 1.82) is 0 Å². The van der Waals surface area contributed by atoms with Crippen LogP contribution in [-0.2, 0) is 21.2 Å². The fraction of sp³-hybridized carbons (Fsp3) is 0.462. The first kappa shape index (κ1) is 27.8. The van der Waals surface area contributed by atoms with Gasteiger partial charge in [0.1, 0.15) is 11.6 Å². The second kappa shape index (κ2) is 11.3. The number of aromatic amines is 1. The number of carbonyl (C=O) groups excluding carboxylic acids is 1. The lowest BCUT2D eigenvalue weighted by Gasteiger charge is -2.15. The zero-order valence-electron chi connectivity index (χ0n) is 22.1. The molecule has 1 aliphatic rings. The van der Waals surface area contributed by atoms with Crippen LogP contribution >= 0.6 is 11.6 Å². The highest BCUT2D eigenvalue weighted by molar-refractivity contribution is 7.93. The molecule has 1 saturated carbocycles. The van der Waals surface area contributed by atoms with E-state index in [-0.39, 0.29) is 6.04 Å². The van der Waals surface area contributed by atoms with Crippen molar-refractivity contribution in [2.75, 3.05) is 11.8 Å². The lowest BCUT2D eigenvalue weighted by molar-refractivity contribution is 0.167. The molecule has 1 amide bonds. The zero-order valence-corrected chi connectivity index (χ0v) is 23.7. The number of aromatic nitrogens is 4. The topological polar surface area (TPSA) is 139 Å². The molecular formula is C26H33ClN6O4S. The standard InChI is InChI=1S/C26H33ClN6O4S/c1-14(2)38(35,36)33-21-13-18(12-19(27)16(21)4)23-24(32-25(31-23)17-7-8-17)20-10-11-28-22(30-20)9-6-15(3)29-26(34)37-5/h10-15,17,33H,6-9H2,1-5H3,(H,29,34)(H,31,32)/t15-/m0/s1. The average Bonchev–Trinajstić information content (AvgIpc) is 3.63. The number of aryl methyl sites for hydroxylation is 1. The monoisotopic (exact) mass is 560 g/mol. The molecule has 1 aliphatic carbocycles. The van der Waals surface area contributed by atoms with Crippen LogP contribution in [0.25, 0.3) is 22.6 Å². The maximum Gasteiger partial charge on any atom is 0.407 e. The predicted octanol–water partition coefficient (Wildman–Crippen LogP) is 5.20. The van der Waals surface area contributed by atoms with E-state index in [2.05, 4.69) is 24.7 Å². The maximum absolute atomic E-state index is 12.6. The van der Waals surface area contributed by atoms with Crippen LogP contribution in [0, 0.1) is 6.92 Å². The lowest BCUT2D eigenvalue weighted by Crippen LogP contribution is -2.32. The van der Waals surface area contributed by atoms with Gasteiger partial charge in [-0.25, -0.2) is 28.2 Å². The SMILES string of the molecule is COC(=O)N[C@@H](C)CCc1nccc(-c2[nH]c(C3CC3)nc2-c2cc(Cl)c(C)c(NS(=O)(=O)C(C)C)c2)n1. The first-order valence-electron chi connectivity index (χ1n) is 12.6. The number of hydrogen-bond acceptors (Lipinski definition) is 7. The van der Waals surface area contributed by atoms with Gasteiger partial charge in [-0.1, -0.05) is 11.6 Å². The fourth-order valence-corrected chi connectivity index (χ4v) is 4.84. The molecule has 1 aromatic carbocycles. The lowest BCUT2D eigenvalue weighted by atomic mass is 10.0. The van der Waals surface area contributed by atoms with E-state index in [9.17, 15) is 13.2 Å². The number of nitrogens with one attached hydrogen (secondary N) is 3. The summed E-state index contributed by atoms with van der Waals surface area (Å²) in [6.07, 6.45) is 4.52. The number of methoxy groups -OCH3 is 1. The van der Waals surface area contributed by atoms with E-state index < -0.39 is 21.4 Å². The third-order valence-electron chi connectivity index (χ3n) is 6.49. The van der Waals surface area contributed by atoms with Gasteiger partial charge in [-0.15, -0.1) is 0 Å². The van der Waals surface area contributed by atoms with Crippen LogP contribution in [-0.4, -0.2) is 52.8 Å². The molecule has 10 nitrogen and oxygen atoms in total.